The van der Waals surface area contributed by atoms with Crippen molar-refractivity contribution in [2.45, 2.75) is 128 Å². The number of ether oxygens (including phenoxy) is 10. The lowest BCUT2D eigenvalue weighted by atomic mass is 9.95. The van der Waals surface area contributed by atoms with E-state index < -0.39 is 144 Å². The minimum absolute atomic E-state index is 0.0793. The number of carbonyl (C=O) groups excluding carboxylic acids is 8. The lowest BCUT2D eigenvalue weighted by Gasteiger charge is -2.49. The van der Waals surface area contributed by atoms with Crippen molar-refractivity contribution < 1.29 is 85.7 Å². The minimum atomic E-state index is -1.88. The van der Waals surface area contributed by atoms with Crippen molar-refractivity contribution in [2.75, 3.05) is 19.8 Å². The van der Waals surface area contributed by atoms with Crippen molar-refractivity contribution in [3.63, 3.8) is 0 Å². The molecule has 7 rings (SSSR count). The number of hydrogen-bond acceptors (Lipinski definition) is 18. The van der Waals surface area contributed by atoms with Gasteiger partial charge in [-0.2, -0.15) is 0 Å². The Morgan fingerprint density at radius 3 is 1.27 bits per heavy atom. The smallest absolute Gasteiger partial charge is 0.320 e. The van der Waals surface area contributed by atoms with Crippen LogP contribution in [0.15, 0.2) is 121 Å². The second-order valence-corrected chi connectivity index (χ2v) is 23.1. The Kier molecular flexibility index (Phi) is 20.3. The first-order chi connectivity index (χ1) is 36.9. The highest BCUT2D eigenvalue weighted by Crippen LogP contribution is 2.53. The van der Waals surface area contributed by atoms with E-state index in [1.54, 1.807) is 4.90 Å². The van der Waals surface area contributed by atoms with E-state index in [0.717, 1.165) is 69.7 Å². The fourth-order valence-corrected chi connectivity index (χ4v) is 15.7. The highest BCUT2D eigenvalue weighted by Gasteiger charge is 2.58. The number of nitrogens with one attached hydrogen (secondary N) is 1. The Bertz CT molecular complexity index is 2610. The molecule has 410 valence electrons. The zero-order valence-electron chi connectivity index (χ0n) is 43.5. The van der Waals surface area contributed by atoms with Gasteiger partial charge in [-0.25, -0.2) is 4.79 Å². The number of urea groups is 1. The lowest BCUT2D eigenvalue weighted by molar-refractivity contribution is -0.345. The molecule has 0 aliphatic carbocycles. The molecule has 22 heteroatoms. The molecule has 3 saturated heterocycles. The Morgan fingerprint density at radius 2 is 0.844 bits per heavy atom. The number of rotatable bonds is 18. The molecule has 77 heavy (non-hydrogen) atoms. The third-order valence-corrected chi connectivity index (χ3v) is 18.1. The first-order valence-corrected chi connectivity index (χ1v) is 27.7. The molecule has 0 bridgehead atoms. The normalized spacial score (nSPS) is 25.9. The monoisotopic (exact) mass is 1100 g/mol. The van der Waals surface area contributed by atoms with Crippen molar-refractivity contribution in [1.29, 1.82) is 0 Å². The number of hydrogen-bond donors (Lipinski definition) is 1. The van der Waals surface area contributed by atoms with E-state index in [4.69, 9.17) is 47.4 Å². The maximum atomic E-state index is 15.6. The molecule has 3 aliphatic rings. The molecular formula is C55H62N2O18P2. The van der Waals surface area contributed by atoms with Crippen molar-refractivity contribution in [3.05, 3.63) is 121 Å². The number of likely N-dealkylation sites (tertiary alicyclic amines) is 1. The average molecular weight is 1100 g/mol. The summed E-state index contributed by atoms with van der Waals surface area (Å²) in [6.45, 7) is 6.56. The predicted octanol–water partition coefficient (Wildman–Crippen LogP) is 3.98. The van der Waals surface area contributed by atoms with Crippen LogP contribution in [0.3, 0.4) is 0 Å². The second kappa shape index (κ2) is 27.0. The van der Waals surface area contributed by atoms with Crippen LogP contribution in [-0.4, -0.2) is 145 Å². The third-order valence-electron chi connectivity index (χ3n) is 12.5. The van der Waals surface area contributed by atoms with Gasteiger partial charge in [0, 0.05) is 60.7 Å². The number of nitrogens with zero attached hydrogens (tertiary/aromatic N) is 1. The van der Waals surface area contributed by atoms with Crippen molar-refractivity contribution in [2.24, 2.45) is 0 Å². The fourth-order valence-electron chi connectivity index (χ4n) is 9.70. The minimum Gasteiger partial charge on any atom is -0.463 e. The zero-order chi connectivity index (χ0) is 55.3. The molecule has 4 aromatic carbocycles. The van der Waals surface area contributed by atoms with Crippen LogP contribution in [0.25, 0.3) is 0 Å². The summed E-state index contributed by atoms with van der Waals surface area (Å²) >= 11 is 0. The van der Waals surface area contributed by atoms with Crippen molar-refractivity contribution in [1.82, 2.24) is 10.2 Å². The van der Waals surface area contributed by atoms with Crippen molar-refractivity contribution in [3.8, 4) is 0 Å². The first-order valence-electron chi connectivity index (χ1n) is 24.8. The Morgan fingerprint density at radius 1 is 0.468 bits per heavy atom. The number of amides is 2. The number of carbonyl (C=O) groups is 8. The summed E-state index contributed by atoms with van der Waals surface area (Å²) < 4.78 is 58.8. The summed E-state index contributed by atoms with van der Waals surface area (Å²) in [4.78, 5) is 107. The van der Waals surface area contributed by atoms with Crippen LogP contribution in [0.4, 0.5) is 4.79 Å². The summed E-state index contributed by atoms with van der Waals surface area (Å²) in [5.41, 5.74) is -0.0793. The molecule has 20 nitrogen and oxygen atoms in total. The fraction of sp³-hybridized carbons (Fsp3) is 0.418. The van der Waals surface area contributed by atoms with E-state index in [0.29, 0.717) is 6.42 Å². The van der Waals surface area contributed by atoms with Gasteiger partial charge >= 0.3 is 47.8 Å². The molecule has 0 spiro atoms. The topological polar surface area (TPSA) is 244 Å². The van der Waals surface area contributed by atoms with E-state index >= 15 is 4.79 Å². The lowest BCUT2D eigenvalue weighted by Crippen LogP contribution is -2.69. The largest absolute Gasteiger partial charge is 0.463 e. The average Bonchev–Trinajstić information content (AvgIpc) is 3.81. The summed E-state index contributed by atoms with van der Waals surface area (Å²) in [5.74, 6) is -6.52. The van der Waals surface area contributed by atoms with E-state index in [1.807, 2.05) is 72.8 Å². The second-order valence-electron chi connectivity index (χ2n) is 18.3. The molecular weight excluding hydrogens is 1040 g/mol. The molecule has 12 atom stereocenters. The van der Waals surface area contributed by atoms with Gasteiger partial charge in [-0.05, 0) is 43.5 Å². The maximum absolute atomic E-state index is 15.6. The Balaban J connectivity index is 1.31. The highest BCUT2D eigenvalue weighted by molar-refractivity contribution is 7.74. The van der Waals surface area contributed by atoms with Gasteiger partial charge in [0.1, 0.15) is 31.5 Å². The van der Waals surface area contributed by atoms with Crippen LogP contribution >= 0.6 is 15.8 Å². The molecule has 3 fully saturated rings. The molecule has 0 aromatic heterocycles. The van der Waals surface area contributed by atoms with Gasteiger partial charge in [-0.3, -0.25) is 33.6 Å². The number of benzene rings is 4. The van der Waals surface area contributed by atoms with Gasteiger partial charge in [0.05, 0.1) is 5.78 Å². The van der Waals surface area contributed by atoms with Gasteiger partial charge in [0.15, 0.2) is 43.0 Å². The molecule has 1 N–H and O–H groups in total. The maximum Gasteiger partial charge on any atom is 0.320 e. The van der Waals surface area contributed by atoms with Gasteiger partial charge in [-0.15, -0.1) is 0 Å². The van der Waals surface area contributed by atoms with Gasteiger partial charge < -0.3 is 57.6 Å². The highest BCUT2D eigenvalue weighted by atomic mass is 31.1. The molecule has 3 heterocycles. The van der Waals surface area contributed by atoms with Crippen LogP contribution in [0, 0.1) is 0 Å². The molecule has 0 radical (unpaired) electrons. The zero-order valence-corrected chi connectivity index (χ0v) is 45.3. The Labute approximate surface area is 448 Å². The van der Waals surface area contributed by atoms with Crippen LogP contribution in [-0.2, 0) is 80.9 Å². The van der Waals surface area contributed by atoms with E-state index in [9.17, 15) is 33.6 Å². The molecule has 0 saturated carbocycles. The van der Waals surface area contributed by atoms with Crippen LogP contribution in [0.5, 0.6) is 0 Å². The summed E-state index contributed by atoms with van der Waals surface area (Å²) in [7, 11) is -2.37. The molecule has 3 aliphatic heterocycles. The van der Waals surface area contributed by atoms with E-state index in [1.165, 1.54) is 0 Å². The summed E-state index contributed by atoms with van der Waals surface area (Å²) in [6.07, 6.45) is -16.1. The van der Waals surface area contributed by atoms with Crippen LogP contribution < -0.4 is 26.5 Å². The summed E-state index contributed by atoms with van der Waals surface area (Å²) in [5, 5.41) is 7.25. The van der Waals surface area contributed by atoms with E-state index in [2.05, 4.69) is 53.8 Å². The first kappa shape index (κ1) is 57.9. The standard InChI is InChI=1S/C55H62N2O18P2/c1-32(58)66-30-44-48(75-54-52(72-38(7)64)50(70-36(5)62)47(68-34(3)60)45(74-54)31-67-33(2)59)49(69-35(4)61)51(71-37(6)63)53(73-44)56-55(65)57-29-43(76(39-20-12-8-13-21-39)40-22-14-9-15-23-40)28-46(57)77(41-24-16-10-17-25-41)42-26-18-11-19-27-42/h8-27,43-54H,28-31H2,1-7H3,(H,56,65)/t43?,44-,45-,46?,47-,48-,49+,50+,51-,52-,53-,54+/m1/s1. The molecule has 2 amide bonds. The van der Waals surface area contributed by atoms with E-state index in [-0.39, 0.29) is 12.2 Å². The quantitative estimate of drug-likeness (QED) is 0.0841. The van der Waals surface area contributed by atoms with Gasteiger partial charge in [-0.1, -0.05) is 121 Å². The predicted molar refractivity (Wildman–Crippen MR) is 279 cm³/mol. The van der Waals surface area contributed by atoms with Crippen LogP contribution in [0.1, 0.15) is 54.9 Å². The van der Waals surface area contributed by atoms with Crippen molar-refractivity contribution >= 4 is 84.9 Å². The Hall–Kier alpha value is -6.82. The number of esters is 7. The SMILES string of the molecule is CC(=O)OC[C@H]1O[C@@H](NC(=O)N2CC(P(c3ccccc3)c3ccccc3)CC2P(c2ccccc2)c2ccccc2)[C@H](OC(C)=O)[C@@H](OC(C)=O)[C@@H]1O[C@@H]1O[C@H](COC(C)=O)[C@@H](OC(C)=O)[C@H](OC(C)=O)[C@H]1OC(C)=O. The van der Waals surface area contributed by atoms with Crippen LogP contribution in [0.2, 0.25) is 0 Å². The molecule has 4 aromatic rings. The van der Waals surface area contributed by atoms with Gasteiger partial charge in [0.2, 0.25) is 0 Å². The van der Waals surface area contributed by atoms with Gasteiger partial charge in [0.25, 0.3) is 0 Å². The summed E-state index contributed by atoms with van der Waals surface area (Å²) in [6, 6.07) is 39.6. The molecule has 2 unspecified atom stereocenters. The third kappa shape index (κ3) is 15.2.